The van der Waals surface area contributed by atoms with Gasteiger partial charge in [-0.3, -0.25) is 0 Å². The van der Waals surface area contributed by atoms with Crippen molar-refractivity contribution in [3.63, 3.8) is 0 Å². The number of benzene rings is 2. The van der Waals surface area contributed by atoms with Gasteiger partial charge in [-0.25, -0.2) is 4.39 Å². The van der Waals surface area contributed by atoms with E-state index in [1.165, 1.54) is 6.07 Å². The average Bonchev–Trinajstić information content (AvgIpc) is 2.84. The highest BCUT2D eigenvalue weighted by Crippen LogP contribution is 2.40. The Morgan fingerprint density at radius 1 is 1.14 bits per heavy atom. The van der Waals surface area contributed by atoms with Crippen molar-refractivity contribution in [3.8, 4) is 22.5 Å². The van der Waals surface area contributed by atoms with Crippen LogP contribution in [-0.4, -0.2) is 5.16 Å². The summed E-state index contributed by atoms with van der Waals surface area (Å²) in [5, 5.41) is 3.80. The molecule has 0 aliphatic carbocycles. The molecule has 2 N–H and O–H groups in total. The fourth-order valence-electron chi connectivity index (χ4n) is 2.22. The lowest BCUT2D eigenvalue weighted by atomic mass is 10.00. The van der Waals surface area contributed by atoms with Crippen LogP contribution in [0.1, 0.15) is 5.56 Å². The van der Waals surface area contributed by atoms with Gasteiger partial charge in [-0.15, -0.1) is 0 Å². The molecule has 0 radical (unpaired) electrons. The van der Waals surface area contributed by atoms with E-state index in [4.69, 9.17) is 10.3 Å². The molecule has 3 aromatic rings. The molecule has 1 heterocycles. The Bertz CT molecular complexity index is 814. The maximum absolute atomic E-state index is 14.1. The Morgan fingerprint density at radius 2 is 1.90 bits per heavy atom. The summed E-state index contributed by atoms with van der Waals surface area (Å²) >= 11 is 3.48. The van der Waals surface area contributed by atoms with E-state index in [-0.39, 0.29) is 11.6 Å². The molecule has 0 fully saturated rings. The normalized spacial score (nSPS) is 10.8. The predicted octanol–water partition coefficient (Wildman–Crippen LogP) is 4.80. The minimum Gasteiger partial charge on any atom is -0.380 e. The third kappa shape index (κ3) is 2.45. The van der Waals surface area contributed by atoms with Gasteiger partial charge >= 0.3 is 0 Å². The summed E-state index contributed by atoms with van der Waals surface area (Å²) in [6.45, 7) is 1.97. The fraction of sp³-hybridized carbons (Fsp3) is 0.0625. The first-order valence-corrected chi connectivity index (χ1v) is 7.14. The van der Waals surface area contributed by atoms with E-state index < -0.39 is 0 Å². The van der Waals surface area contributed by atoms with Crippen LogP contribution in [0.25, 0.3) is 22.5 Å². The van der Waals surface area contributed by atoms with Gasteiger partial charge in [-0.2, -0.15) is 0 Å². The molecule has 0 amide bonds. The van der Waals surface area contributed by atoms with Crippen LogP contribution in [0, 0.1) is 12.7 Å². The SMILES string of the molecule is Cc1ccc(Br)c(-c2onc(N)c2-c2ccccc2F)c1. The molecule has 3 rings (SSSR count). The Balaban J connectivity index is 2.27. The minimum absolute atomic E-state index is 0.170. The van der Waals surface area contributed by atoms with Crippen molar-refractivity contribution in [3.05, 3.63) is 58.3 Å². The van der Waals surface area contributed by atoms with Crippen LogP contribution in [0.15, 0.2) is 51.5 Å². The lowest BCUT2D eigenvalue weighted by molar-refractivity contribution is 0.436. The van der Waals surface area contributed by atoms with Crippen molar-refractivity contribution in [1.29, 1.82) is 0 Å². The van der Waals surface area contributed by atoms with Gasteiger partial charge in [0.05, 0.1) is 5.56 Å². The molecule has 2 aromatic carbocycles. The molecule has 0 bridgehead atoms. The third-order valence-electron chi connectivity index (χ3n) is 3.23. The first-order valence-electron chi connectivity index (χ1n) is 6.34. The molecule has 0 saturated carbocycles. The molecule has 21 heavy (non-hydrogen) atoms. The van der Waals surface area contributed by atoms with Crippen LogP contribution < -0.4 is 5.73 Å². The van der Waals surface area contributed by atoms with Crippen LogP contribution in [0.5, 0.6) is 0 Å². The van der Waals surface area contributed by atoms with Crippen molar-refractivity contribution < 1.29 is 8.91 Å². The van der Waals surface area contributed by atoms with Crippen LogP contribution in [0.3, 0.4) is 0 Å². The zero-order valence-electron chi connectivity index (χ0n) is 11.2. The molecule has 0 spiro atoms. The largest absolute Gasteiger partial charge is 0.380 e. The monoisotopic (exact) mass is 346 g/mol. The molecule has 0 aliphatic rings. The van der Waals surface area contributed by atoms with Gasteiger partial charge in [-0.05, 0) is 25.1 Å². The number of nitrogen functional groups attached to an aromatic ring is 1. The molecule has 3 nitrogen and oxygen atoms in total. The standard InChI is InChI=1S/C16H12BrFN2O/c1-9-6-7-12(17)11(8-9)15-14(16(19)20-21-15)10-4-2-3-5-13(10)18/h2-8H,1H3,(H2,19,20). The second-order valence-corrected chi connectivity index (χ2v) is 5.59. The van der Waals surface area contributed by atoms with E-state index in [9.17, 15) is 4.39 Å². The topological polar surface area (TPSA) is 52.0 Å². The lowest BCUT2D eigenvalue weighted by Gasteiger charge is -2.06. The van der Waals surface area contributed by atoms with E-state index in [0.29, 0.717) is 16.9 Å². The molecular weight excluding hydrogens is 335 g/mol. The van der Waals surface area contributed by atoms with Gasteiger partial charge in [0.15, 0.2) is 11.6 Å². The summed E-state index contributed by atoms with van der Waals surface area (Å²) in [4.78, 5) is 0. The smallest absolute Gasteiger partial charge is 0.178 e. The maximum Gasteiger partial charge on any atom is 0.178 e. The zero-order chi connectivity index (χ0) is 15.0. The Morgan fingerprint density at radius 3 is 2.67 bits per heavy atom. The Labute approximate surface area is 129 Å². The van der Waals surface area contributed by atoms with Gasteiger partial charge in [0, 0.05) is 15.6 Å². The van der Waals surface area contributed by atoms with Gasteiger partial charge in [0.2, 0.25) is 0 Å². The van der Waals surface area contributed by atoms with E-state index >= 15 is 0 Å². The quantitative estimate of drug-likeness (QED) is 0.724. The molecule has 0 aliphatic heterocycles. The molecule has 5 heteroatoms. The highest BCUT2D eigenvalue weighted by Gasteiger charge is 2.21. The summed E-state index contributed by atoms with van der Waals surface area (Å²) in [7, 11) is 0. The zero-order valence-corrected chi connectivity index (χ0v) is 12.8. The fourth-order valence-corrected chi connectivity index (χ4v) is 2.65. The average molecular weight is 347 g/mol. The summed E-state index contributed by atoms with van der Waals surface area (Å²) in [6, 6.07) is 12.2. The molecular formula is C16H12BrFN2O. The second-order valence-electron chi connectivity index (χ2n) is 4.74. The van der Waals surface area contributed by atoms with Crippen molar-refractivity contribution in [2.24, 2.45) is 0 Å². The van der Waals surface area contributed by atoms with E-state index in [0.717, 1.165) is 15.6 Å². The summed E-state index contributed by atoms with van der Waals surface area (Å²) in [5.74, 6) is 0.258. The van der Waals surface area contributed by atoms with Crippen LogP contribution in [0.2, 0.25) is 0 Å². The number of aromatic nitrogens is 1. The van der Waals surface area contributed by atoms with Gasteiger partial charge in [0.25, 0.3) is 0 Å². The minimum atomic E-state index is -0.363. The van der Waals surface area contributed by atoms with Crippen molar-refractivity contribution in [1.82, 2.24) is 5.16 Å². The maximum atomic E-state index is 14.1. The van der Waals surface area contributed by atoms with Crippen LogP contribution >= 0.6 is 15.9 Å². The van der Waals surface area contributed by atoms with Gasteiger partial charge in [0.1, 0.15) is 5.82 Å². The highest BCUT2D eigenvalue weighted by molar-refractivity contribution is 9.10. The molecule has 0 saturated heterocycles. The number of halogens is 2. The summed E-state index contributed by atoms with van der Waals surface area (Å²) < 4.78 is 20.3. The second kappa shape index (κ2) is 5.33. The number of aryl methyl sites for hydroxylation is 1. The van der Waals surface area contributed by atoms with E-state index in [1.54, 1.807) is 18.2 Å². The van der Waals surface area contributed by atoms with Crippen molar-refractivity contribution in [2.45, 2.75) is 6.92 Å². The molecule has 1 aromatic heterocycles. The van der Waals surface area contributed by atoms with E-state index in [2.05, 4.69) is 21.1 Å². The number of nitrogens with two attached hydrogens (primary N) is 1. The first kappa shape index (κ1) is 13.8. The number of anilines is 1. The highest BCUT2D eigenvalue weighted by atomic mass is 79.9. The predicted molar refractivity (Wildman–Crippen MR) is 84.2 cm³/mol. The van der Waals surface area contributed by atoms with Crippen LogP contribution in [-0.2, 0) is 0 Å². The first-order chi connectivity index (χ1) is 10.1. The lowest BCUT2D eigenvalue weighted by Crippen LogP contribution is -1.92. The third-order valence-corrected chi connectivity index (χ3v) is 3.92. The summed E-state index contributed by atoms with van der Waals surface area (Å²) in [6.07, 6.45) is 0. The van der Waals surface area contributed by atoms with E-state index in [1.807, 2.05) is 25.1 Å². The number of hydrogen-bond donors (Lipinski definition) is 1. The summed E-state index contributed by atoms with van der Waals surface area (Å²) in [5.41, 5.74) is 8.57. The number of rotatable bonds is 2. The number of hydrogen-bond acceptors (Lipinski definition) is 3. The number of nitrogens with zero attached hydrogens (tertiary/aromatic N) is 1. The Kier molecular flexibility index (Phi) is 3.51. The molecule has 0 unspecified atom stereocenters. The van der Waals surface area contributed by atoms with Crippen molar-refractivity contribution in [2.75, 3.05) is 5.73 Å². The van der Waals surface area contributed by atoms with Crippen molar-refractivity contribution >= 4 is 21.7 Å². The van der Waals surface area contributed by atoms with Gasteiger partial charge in [-0.1, -0.05) is 50.9 Å². The van der Waals surface area contributed by atoms with Crippen LogP contribution in [0.4, 0.5) is 10.2 Å². The molecule has 106 valence electrons. The van der Waals surface area contributed by atoms with Gasteiger partial charge < -0.3 is 10.3 Å². The Hall–Kier alpha value is -2.14. The molecule has 0 atom stereocenters.